The van der Waals surface area contributed by atoms with Crippen LogP contribution in [0.25, 0.3) is 0 Å². The van der Waals surface area contributed by atoms with E-state index in [1.807, 2.05) is 0 Å². The third-order valence-electron chi connectivity index (χ3n) is 2.40. The van der Waals surface area contributed by atoms with E-state index in [2.05, 4.69) is 5.32 Å². The number of hydrogen-bond donors (Lipinski definition) is 1. The summed E-state index contributed by atoms with van der Waals surface area (Å²) in [6.07, 6.45) is 7.29. The van der Waals surface area contributed by atoms with E-state index in [0.717, 1.165) is 12.1 Å². The molecule has 8 heavy (non-hydrogen) atoms. The van der Waals surface area contributed by atoms with Crippen molar-refractivity contribution >= 4 is 0 Å². The minimum absolute atomic E-state index is 0.919. The van der Waals surface area contributed by atoms with Crippen LogP contribution in [0.4, 0.5) is 0 Å². The standard InChI is InChI=1S/C7H13N/c1-2-4-7-5-6(3-1)8-7/h6-8H,1-5H2. The Labute approximate surface area is 50.5 Å². The van der Waals surface area contributed by atoms with E-state index in [1.165, 1.54) is 32.1 Å². The molecule has 1 nitrogen and oxygen atoms in total. The van der Waals surface area contributed by atoms with Gasteiger partial charge in [0.15, 0.2) is 0 Å². The molecule has 3 aliphatic rings. The highest BCUT2D eigenvalue weighted by Crippen LogP contribution is 2.26. The molecule has 0 radical (unpaired) electrons. The average Bonchev–Trinajstić information content (AvgIpc) is 1.89. The zero-order valence-electron chi connectivity index (χ0n) is 5.19. The first-order valence-electron chi connectivity index (χ1n) is 3.71. The van der Waals surface area contributed by atoms with Gasteiger partial charge in [0.05, 0.1) is 0 Å². The molecule has 0 spiro atoms. The first-order valence-corrected chi connectivity index (χ1v) is 3.71. The molecule has 1 aliphatic carbocycles. The average molecular weight is 111 g/mol. The van der Waals surface area contributed by atoms with E-state index < -0.39 is 0 Å². The van der Waals surface area contributed by atoms with Gasteiger partial charge in [-0.05, 0) is 19.3 Å². The smallest absolute Gasteiger partial charge is 0.00844 e. The van der Waals surface area contributed by atoms with Crippen molar-refractivity contribution in [1.82, 2.24) is 5.32 Å². The number of hydrogen-bond acceptors (Lipinski definition) is 1. The SMILES string of the molecule is C1CCC2CC(C1)N2. The van der Waals surface area contributed by atoms with Gasteiger partial charge in [-0.3, -0.25) is 0 Å². The van der Waals surface area contributed by atoms with Gasteiger partial charge in [-0.1, -0.05) is 12.8 Å². The molecule has 3 fully saturated rings. The molecule has 0 aromatic heterocycles. The molecule has 2 aliphatic heterocycles. The summed E-state index contributed by atoms with van der Waals surface area (Å²) in [5.74, 6) is 0. The summed E-state index contributed by atoms with van der Waals surface area (Å²) in [6.45, 7) is 0. The molecule has 1 heteroatoms. The maximum Gasteiger partial charge on any atom is 0.00844 e. The first kappa shape index (κ1) is 4.80. The summed E-state index contributed by atoms with van der Waals surface area (Å²) >= 11 is 0. The molecular formula is C7H13N. The van der Waals surface area contributed by atoms with Crippen molar-refractivity contribution in [2.24, 2.45) is 0 Å². The third kappa shape index (κ3) is 0.655. The first-order chi connectivity index (χ1) is 3.95. The highest BCUT2D eigenvalue weighted by atomic mass is 15.0. The quantitative estimate of drug-likeness (QED) is 0.496. The number of rotatable bonds is 0. The molecule has 0 amide bonds. The van der Waals surface area contributed by atoms with Crippen LogP contribution in [-0.4, -0.2) is 12.1 Å². The lowest BCUT2D eigenvalue weighted by atomic mass is 9.96. The monoisotopic (exact) mass is 111 g/mol. The van der Waals surface area contributed by atoms with Crippen LogP contribution in [0.15, 0.2) is 0 Å². The summed E-state index contributed by atoms with van der Waals surface area (Å²) < 4.78 is 0. The molecule has 0 aromatic carbocycles. The molecule has 1 saturated carbocycles. The van der Waals surface area contributed by atoms with E-state index >= 15 is 0 Å². The summed E-state index contributed by atoms with van der Waals surface area (Å²) in [5, 5.41) is 3.54. The Hall–Kier alpha value is -0.0400. The van der Waals surface area contributed by atoms with Gasteiger partial charge in [0.25, 0.3) is 0 Å². The minimum Gasteiger partial charge on any atom is -0.311 e. The van der Waals surface area contributed by atoms with E-state index in [4.69, 9.17) is 0 Å². The topological polar surface area (TPSA) is 12.0 Å². The molecule has 2 saturated heterocycles. The lowest BCUT2D eigenvalue weighted by Gasteiger charge is -2.34. The van der Waals surface area contributed by atoms with Gasteiger partial charge < -0.3 is 5.32 Å². The van der Waals surface area contributed by atoms with E-state index in [1.54, 1.807) is 0 Å². The Bertz CT molecular complexity index is 68.9. The van der Waals surface area contributed by atoms with Crippen LogP contribution in [0, 0.1) is 0 Å². The Balaban J connectivity index is 1.95. The van der Waals surface area contributed by atoms with Crippen molar-refractivity contribution in [2.45, 2.75) is 44.2 Å². The molecule has 2 bridgehead atoms. The Morgan fingerprint density at radius 3 is 2.00 bits per heavy atom. The van der Waals surface area contributed by atoms with Crippen molar-refractivity contribution in [2.75, 3.05) is 0 Å². The molecule has 2 unspecified atom stereocenters. The van der Waals surface area contributed by atoms with Crippen LogP contribution in [0.1, 0.15) is 32.1 Å². The third-order valence-corrected chi connectivity index (χ3v) is 2.40. The second-order valence-corrected chi connectivity index (χ2v) is 3.08. The second-order valence-electron chi connectivity index (χ2n) is 3.08. The zero-order chi connectivity index (χ0) is 5.40. The van der Waals surface area contributed by atoms with Crippen molar-refractivity contribution in [3.8, 4) is 0 Å². The maximum atomic E-state index is 3.54. The second kappa shape index (κ2) is 1.73. The number of fused-ring (bicyclic) bond motifs is 3. The van der Waals surface area contributed by atoms with Gasteiger partial charge in [-0.2, -0.15) is 0 Å². The van der Waals surface area contributed by atoms with Crippen molar-refractivity contribution < 1.29 is 0 Å². The van der Waals surface area contributed by atoms with Gasteiger partial charge in [-0.15, -0.1) is 0 Å². The Kier molecular flexibility index (Phi) is 1.04. The van der Waals surface area contributed by atoms with Gasteiger partial charge in [-0.25, -0.2) is 0 Å². The summed E-state index contributed by atoms with van der Waals surface area (Å²) in [5.41, 5.74) is 0. The van der Waals surface area contributed by atoms with Gasteiger partial charge >= 0.3 is 0 Å². The van der Waals surface area contributed by atoms with E-state index in [0.29, 0.717) is 0 Å². The fourth-order valence-electron chi connectivity index (χ4n) is 1.84. The van der Waals surface area contributed by atoms with Crippen molar-refractivity contribution in [3.05, 3.63) is 0 Å². The van der Waals surface area contributed by atoms with Crippen LogP contribution in [0.2, 0.25) is 0 Å². The molecular weight excluding hydrogens is 98.1 g/mol. The Morgan fingerprint density at radius 2 is 1.50 bits per heavy atom. The van der Waals surface area contributed by atoms with Gasteiger partial charge in [0.2, 0.25) is 0 Å². The lowest BCUT2D eigenvalue weighted by molar-refractivity contribution is 0.269. The largest absolute Gasteiger partial charge is 0.311 e. The van der Waals surface area contributed by atoms with Crippen LogP contribution < -0.4 is 5.32 Å². The molecule has 2 atom stereocenters. The van der Waals surface area contributed by atoms with Crippen molar-refractivity contribution in [3.63, 3.8) is 0 Å². The van der Waals surface area contributed by atoms with Crippen LogP contribution in [0.3, 0.4) is 0 Å². The van der Waals surface area contributed by atoms with Crippen LogP contribution in [0.5, 0.6) is 0 Å². The normalized spacial score (nSPS) is 45.0. The lowest BCUT2D eigenvalue weighted by Crippen LogP contribution is -2.50. The fraction of sp³-hybridized carbons (Fsp3) is 1.00. The van der Waals surface area contributed by atoms with E-state index in [-0.39, 0.29) is 0 Å². The highest BCUT2D eigenvalue weighted by Gasteiger charge is 2.29. The van der Waals surface area contributed by atoms with Gasteiger partial charge in [0.1, 0.15) is 0 Å². The Morgan fingerprint density at radius 1 is 1.00 bits per heavy atom. The molecule has 46 valence electrons. The molecule has 2 heterocycles. The molecule has 3 rings (SSSR count). The minimum atomic E-state index is 0.919. The van der Waals surface area contributed by atoms with Crippen molar-refractivity contribution in [1.29, 1.82) is 0 Å². The molecule has 0 aromatic rings. The summed E-state index contributed by atoms with van der Waals surface area (Å²) in [4.78, 5) is 0. The summed E-state index contributed by atoms with van der Waals surface area (Å²) in [6, 6.07) is 1.84. The number of nitrogens with one attached hydrogen (secondary N) is 1. The van der Waals surface area contributed by atoms with E-state index in [9.17, 15) is 0 Å². The van der Waals surface area contributed by atoms with Crippen LogP contribution in [-0.2, 0) is 0 Å². The summed E-state index contributed by atoms with van der Waals surface area (Å²) in [7, 11) is 0. The fourth-order valence-corrected chi connectivity index (χ4v) is 1.84. The predicted octanol–water partition coefficient (Wildman–Crippen LogP) is 1.29. The maximum absolute atomic E-state index is 3.54. The van der Waals surface area contributed by atoms with Gasteiger partial charge in [0, 0.05) is 12.1 Å². The zero-order valence-corrected chi connectivity index (χ0v) is 5.19. The van der Waals surface area contributed by atoms with Crippen LogP contribution >= 0.6 is 0 Å². The highest BCUT2D eigenvalue weighted by molar-refractivity contribution is 4.90. The predicted molar refractivity (Wildman–Crippen MR) is 33.8 cm³/mol. The molecule has 1 N–H and O–H groups in total.